The number of carbonyl (C=O) groups is 1. The summed E-state index contributed by atoms with van der Waals surface area (Å²) < 4.78 is 21.7. The third-order valence-corrected chi connectivity index (χ3v) is 4.68. The Balaban J connectivity index is 1.49. The van der Waals surface area contributed by atoms with Crippen molar-refractivity contribution >= 4 is 23.0 Å². The van der Waals surface area contributed by atoms with Gasteiger partial charge in [-0.15, -0.1) is 0 Å². The first-order valence-corrected chi connectivity index (χ1v) is 9.86. The quantitative estimate of drug-likeness (QED) is 0.229. The van der Waals surface area contributed by atoms with E-state index in [2.05, 4.69) is 0 Å². The zero-order chi connectivity index (χ0) is 22.5. The van der Waals surface area contributed by atoms with Crippen molar-refractivity contribution in [1.29, 1.82) is 0 Å². The average molecular weight is 428 g/mol. The predicted molar refractivity (Wildman–Crippen MR) is 121 cm³/mol. The lowest BCUT2D eigenvalue weighted by atomic mass is 10.2. The highest BCUT2D eigenvalue weighted by atomic mass is 16.5. The number of fused-ring (bicyclic) bond motifs is 1. The normalized spacial score (nSPS) is 10.9. The molecule has 0 fully saturated rings. The maximum absolute atomic E-state index is 12.7. The first-order chi connectivity index (χ1) is 15.5. The number of benzene rings is 3. The van der Waals surface area contributed by atoms with Gasteiger partial charge in [0.25, 0.3) is 0 Å². The molecule has 0 spiro atoms. The van der Waals surface area contributed by atoms with Crippen molar-refractivity contribution in [2.75, 3.05) is 7.11 Å². The van der Waals surface area contributed by atoms with Crippen LogP contribution in [0.15, 0.2) is 88.3 Å². The Hall–Kier alpha value is -4.32. The molecule has 3 aromatic carbocycles. The lowest BCUT2D eigenvalue weighted by Gasteiger charge is -2.07. The Labute approximate surface area is 184 Å². The van der Waals surface area contributed by atoms with Crippen molar-refractivity contribution in [1.82, 2.24) is 0 Å². The number of rotatable bonds is 6. The highest BCUT2D eigenvalue weighted by Gasteiger charge is 2.11. The van der Waals surface area contributed by atoms with E-state index < -0.39 is 5.97 Å². The summed E-state index contributed by atoms with van der Waals surface area (Å²) >= 11 is 0. The Bertz CT molecular complexity index is 1350. The largest absolute Gasteiger partial charge is 0.497 e. The minimum Gasteiger partial charge on any atom is -0.497 e. The summed E-state index contributed by atoms with van der Waals surface area (Å²) in [4.78, 5) is 24.9. The van der Waals surface area contributed by atoms with Gasteiger partial charge in [0.15, 0.2) is 0 Å². The fourth-order valence-electron chi connectivity index (χ4n) is 3.06. The van der Waals surface area contributed by atoms with Crippen LogP contribution in [-0.2, 0) is 4.79 Å². The van der Waals surface area contributed by atoms with Crippen molar-refractivity contribution in [3.63, 3.8) is 0 Å². The molecular formula is C26H20O6. The van der Waals surface area contributed by atoms with Gasteiger partial charge in [0.05, 0.1) is 12.5 Å². The third-order valence-electron chi connectivity index (χ3n) is 4.68. The van der Waals surface area contributed by atoms with Crippen LogP contribution in [0.1, 0.15) is 11.1 Å². The second-order valence-electron chi connectivity index (χ2n) is 7.03. The number of hydrogen-bond acceptors (Lipinski definition) is 6. The summed E-state index contributed by atoms with van der Waals surface area (Å²) in [6.07, 6.45) is 4.21. The maximum Gasteiger partial charge on any atom is 0.336 e. The molecule has 4 rings (SSSR count). The van der Waals surface area contributed by atoms with Gasteiger partial charge in [0.2, 0.25) is 11.2 Å². The van der Waals surface area contributed by atoms with Crippen LogP contribution in [-0.4, -0.2) is 13.1 Å². The molecule has 0 unspecified atom stereocenters. The second-order valence-corrected chi connectivity index (χ2v) is 7.03. The third kappa shape index (κ3) is 4.87. The summed E-state index contributed by atoms with van der Waals surface area (Å²) in [7, 11) is 1.59. The number of carbonyl (C=O) groups excluding carboxylic acids is 1. The molecule has 4 aromatic rings. The van der Waals surface area contributed by atoms with Crippen LogP contribution in [0.25, 0.3) is 17.0 Å². The molecule has 0 aliphatic rings. The predicted octanol–water partition coefficient (Wildman–Crippen LogP) is 5.52. The van der Waals surface area contributed by atoms with E-state index in [4.69, 9.17) is 18.6 Å². The van der Waals surface area contributed by atoms with Gasteiger partial charge in [-0.2, -0.15) is 0 Å². The molecule has 160 valence electrons. The number of aryl methyl sites for hydroxylation is 1. The van der Waals surface area contributed by atoms with Crippen LogP contribution in [0.4, 0.5) is 0 Å². The summed E-state index contributed by atoms with van der Waals surface area (Å²) in [6.45, 7) is 1.94. The van der Waals surface area contributed by atoms with Crippen molar-refractivity contribution in [2.24, 2.45) is 0 Å². The molecule has 0 aliphatic carbocycles. The summed E-state index contributed by atoms with van der Waals surface area (Å²) in [6, 6.07) is 19.2. The molecule has 32 heavy (non-hydrogen) atoms. The van der Waals surface area contributed by atoms with Crippen molar-refractivity contribution < 1.29 is 23.4 Å². The smallest absolute Gasteiger partial charge is 0.336 e. The molecular weight excluding hydrogens is 408 g/mol. The summed E-state index contributed by atoms with van der Waals surface area (Å²) in [5, 5.41) is 0.323. The second kappa shape index (κ2) is 9.22. The van der Waals surface area contributed by atoms with E-state index in [1.165, 1.54) is 24.5 Å². The molecule has 0 saturated heterocycles. The lowest BCUT2D eigenvalue weighted by Crippen LogP contribution is -2.06. The van der Waals surface area contributed by atoms with Crippen LogP contribution in [0.5, 0.6) is 23.0 Å². The van der Waals surface area contributed by atoms with E-state index in [-0.39, 0.29) is 22.5 Å². The highest BCUT2D eigenvalue weighted by Crippen LogP contribution is 2.24. The summed E-state index contributed by atoms with van der Waals surface area (Å²) in [5.74, 6) is 1.07. The molecule has 0 N–H and O–H groups in total. The molecule has 0 atom stereocenters. The Morgan fingerprint density at radius 1 is 0.938 bits per heavy atom. The Morgan fingerprint density at radius 3 is 2.47 bits per heavy atom. The fraction of sp³-hybridized carbons (Fsp3) is 0.0769. The van der Waals surface area contributed by atoms with Crippen molar-refractivity contribution in [3.8, 4) is 23.0 Å². The number of methoxy groups -OCH3 is 1. The lowest BCUT2D eigenvalue weighted by molar-refractivity contribution is -0.128. The molecule has 6 nitrogen and oxygen atoms in total. The van der Waals surface area contributed by atoms with Crippen LogP contribution < -0.4 is 19.6 Å². The van der Waals surface area contributed by atoms with Crippen molar-refractivity contribution in [2.45, 2.75) is 6.92 Å². The standard InChI is InChI=1S/C26H20O6/c1-17-4-3-5-20(14-17)31-24-16-30-23-15-21(11-12-22(23)26(24)28)32-25(27)13-8-18-6-9-19(29-2)10-7-18/h3-16H,1-2H3. The van der Waals surface area contributed by atoms with Crippen LogP contribution in [0.3, 0.4) is 0 Å². The van der Waals surface area contributed by atoms with Crippen LogP contribution in [0.2, 0.25) is 0 Å². The van der Waals surface area contributed by atoms with Gasteiger partial charge in [-0.3, -0.25) is 4.79 Å². The molecule has 0 aliphatic heterocycles. The molecule has 1 heterocycles. The minimum absolute atomic E-state index is 0.0790. The van der Waals surface area contributed by atoms with Gasteiger partial charge in [-0.25, -0.2) is 4.79 Å². The van der Waals surface area contributed by atoms with Gasteiger partial charge in [-0.1, -0.05) is 24.3 Å². The van der Waals surface area contributed by atoms with E-state index in [0.717, 1.165) is 16.9 Å². The van der Waals surface area contributed by atoms with E-state index in [9.17, 15) is 9.59 Å². The van der Waals surface area contributed by atoms with Gasteiger partial charge >= 0.3 is 5.97 Å². The minimum atomic E-state index is -0.554. The first kappa shape index (κ1) is 20.9. The van der Waals surface area contributed by atoms with Gasteiger partial charge in [0, 0.05) is 12.1 Å². The zero-order valence-corrected chi connectivity index (χ0v) is 17.5. The summed E-state index contributed by atoms with van der Waals surface area (Å²) in [5.41, 5.74) is 1.81. The van der Waals surface area contributed by atoms with Crippen LogP contribution >= 0.6 is 0 Å². The van der Waals surface area contributed by atoms with Gasteiger partial charge in [0.1, 0.15) is 29.1 Å². The molecule has 1 aromatic heterocycles. The first-order valence-electron chi connectivity index (χ1n) is 9.86. The van der Waals surface area contributed by atoms with E-state index in [1.807, 2.05) is 37.3 Å². The van der Waals surface area contributed by atoms with Gasteiger partial charge < -0.3 is 18.6 Å². The number of hydrogen-bond donors (Lipinski definition) is 0. The highest BCUT2D eigenvalue weighted by molar-refractivity contribution is 5.89. The van der Waals surface area contributed by atoms with E-state index in [1.54, 1.807) is 37.5 Å². The molecule has 0 bridgehead atoms. The molecule has 6 heteroatoms. The molecule has 0 amide bonds. The Morgan fingerprint density at radius 2 is 1.72 bits per heavy atom. The van der Waals surface area contributed by atoms with Gasteiger partial charge in [-0.05, 0) is 60.5 Å². The monoisotopic (exact) mass is 428 g/mol. The van der Waals surface area contributed by atoms with Crippen molar-refractivity contribution in [3.05, 3.63) is 100 Å². The van der Waals surface area contributed by atoms with E-state index >= 15 is 0 Å². The van der Waals surface area contributed by atoms with E-state index in [0.29, 0.717) is 11.1 Å². The zero-order valence-electron chi connectivity index (χ0n) is 17.5. The fourth-order valence-corrected chi connectivity index (χ4v) is 3.06. The average Bonchev–Trinajstić information content (AvgIpc) is 2.80. The Kier molecular flexibility index (Phi) is 6.03. The molecule has 0 radical (unpaired) electrons. The SMILES string of the molecule is COc1ccc(C=CC(=O)Oc2ccc3c(=O)c(Oc4cccc(C)c4)coc3c2)cc1. The topological polar surface area (TPSA) is 75.0 Å². The number of esters is 1. The molecule has 0 saturated carbocycles. The van der Waals surface area contributed by atoms with Crippen LogP contribution in [0, 0.1) is 6.92 Å². The number of ether oxygens (including phenoxy) is 3. The maximum atomic E-state index is 12.7.